The molecule has 0 heterocycles. The van der Waals surface area contributed by atoms with E-state index in [4.69, 9.17) is 15.9 Å². The van der Waals surface area contributed by atoms with Crippen LogP contribution < -0.4 is 10.5 Å². The number of nitrogens with one attached hydrogen (secondary N) is 1. The highest BCUT2D eigenvalue weighted by atomic mass is 79.9. The van der Waals surface area contributed by atoms with Gasteiger partial charge in [-0.1, -0.05) is 15.9 Å². The van der Waals surface area contributed by atoms with Gasteiger partial charge in [-0.3, -0.25) is 5.41 Å². The van der Waals surface area contributed by atoms with E-state index in [1.165, 1.54) is 12.1 Å². The first-order valence-electron chi connectivity index (χ1n) is 4.70. The zero-order valence-electron chi connectivity index (χ0n) is 8.89. The van der Waals surface area contributed by atoms with Gasteiger partial charge in [-0.15, -0.1) is 0 Å². The van der Waals surface area contributed by atoms with Gasteiger partial charge in [0.25, 0.3) is 0 Å². The van der Waals surface area contributed by atoms with Gasteiger partial charge >= 0.3 is 6.18 Å². The summed E-state index contributed by atoms with van der Waals surface area (Å²) < 4.78 is 55.7. The largest absolute Gasteiger partial charge is 0.489 e. The van der Waals surface area contributed by atoms with Crippen LogP contribution in [0.2, 0.25) is 0 Å². The number of benzene rings is 1. The van der Waals surface area contributed by atoms with E-state index in [0.717, 1.165) is 6.07 Å². The Morgan fingerprint density at radius 2 is 2.06 bits per heavy atom. The topological polar surface area (TPSA) is 59.1 Å². The number of hydrogen-bond acceptors (Lipinski definition) is 2. The van der Waals surface area contributed by atoms with Crippen LogP contribution in [0.1, 0.15) is 0 Å². The Hall–Kier alpha value is -1.31. The molecule has 0 radical (unpaired) electrons. The molecule has 0 saturated carbocycles. The highest BCUT2D eigenvalue weighted by molar-refractivity contribution is 9.10. The minimum absolute atomic E-state index is 0.333. The molecule has 0 saturated heterocycles. The highest BCUT2D eigenvalue weighted by Gasteiger charge is 2.42. The second kappa shape index (κ2) is 5.55. The number of hydrogen-bond donors (Lipinski definition) is 2. The molecule has 0 aliphatic heterocycles. The van der Waals surface area contributed by atoms with Gasteiger partial charge in [-0.25, -0.2) is 4.39 Å². The maximum atomic E-state index is 13.2. The Morgan fingerprint density at radius 3 is 2.56 bits per heavy atom. The summed E-state index contributed by atoms with van der Waals surface area (Å²) in [5, 5.41) is 6.84. The predicted molar refractivity (Wildman–Crippen MR) is 61.1 cm³/mol. The van der Waals surface area contributed by atoms with Gasteiger partial charge in [-0.05, 0) is 18.2 Å². The lowest BCUT2D eigenvalue weighted by Gasteiger charge is -2.19. The lowest BCUT2D eigenvalue weighted by molar-refractivity contribution is -0.162. The minimum Gasteiger partial charge on any atom is -0.489 e. The summed E-state index contributed by atoms with van der Waals surface area (Å²) >= 11 is 3.04. The molecular weight excluding hydrogens is 320 g/mol. The van der Waals surface area contributed by atoms with Crippen molar-refractivity contribution in [1.29, 1.82) is 5.41 Å². The molecule has 3 nitrogen and oxygen atoms in total. The Labute approximate surface area is 109 Å². The monoisotopic (exact) mass is 328 g/mol. The second-order valence-electron chi connectivity index (χ2n) is 3.44. The molecule has 1 aromatic rings. The molecule has 1 aromatic carbocycles. The summed E-state index contributed by atoms with van der Waals surface area (Å²) in [6, 6.07) is 3.63. The Bertz CT molecular complexity index is 450. The zero-order valence-corrected chi connectivity index (χ0v) is 10.5. The van der Waals surface area contributed by atoms with Gasteiger partial charge in [0.2, 0.25) is 0 Å². The van der Waals surface area contributed by atoms with E-state index in [9.17, 15) is 17.6 Å². The Kier molecular flexibility index (Phi) is 4.55. The SMILES string of the molecule is N=C(N)C(COc1cc(Br)ccc1F)C(F)(F)F. The fraction of sp³-hybridized carbons (Fsp3) is 0.300. The molecule has 0 aromatic heterocycles. The van der Waals surface area contributed by atoms with E-state index >= 15 is 0 Å². The van der Waals surface area contributed by atoms with Crippen molar-refractivity contribution in [1.82, 2.24) is 0 Å². The van der Waals surface area contributed by atoms with Crippen LogP contribution in [0, 0.1) is 17.1 Å². The first-order chi connectivity index (χ1) is 8.21. The molecule has 1 unspecified atom stereocenters. The molecular formula is C10H9BrF4N2O. The lowest BCUT2D eigenvalue weighted by atomic mass is 10.1. The summed E-state index contributed by atoms with van der Waals surface area (Å²) in [6.45, 7) is -0.938. The van der Waals surface area contributed by atoms with Gasteiger partial charge in [0.1, 0.15) is 18.4 Å². The van der Waals surface area contributed by atoms with Crippen molar-refractivity contribution in [2.45, 2.75) is 6.18 Å². The molecule has 0 spiro atoms. The average molecular weight is 329 g/mol. The second-order valence-corrected chi connectivity index (χ2v) is 4.35. The molecule has 3 N–H and O–H groups in total. The molecule has 0 fully saturated rings. The highest BCUT2D eigenvalue weighted by Crippen LogP contribution is 2.28. The van der Waals surface area contributed by atoms with Gasteiger partial charge < -0.3 is 10.5 Å². The average Bonchev–Trinajstić information content (AvgIpc) is 2.20. The molecule has 1 atom stereocenters. The maximum Gasteiger partial charge on any atom is 0.401 e. The smallest absolute Gasteiger partial charge is 0.401 e. The van der Waals surface area contributed by atoms with Crippen LogP contribution in [0.25, 0.3) is 0 Å². The zero-order chi connectivity index (χ0) is 13.9. The third-order valence-electron chi connectivity index (χ3n) is 2.07. The number of nitrogens with two attached hydrogens (primary N) is 1. The molecule has 100 valence electrons. The van der Waals surface area contributed by atoms with E-state index in [1.807, 2.05) is 0 Å². The summed E-state index contributed by atoms with van der Waals surface area (Å²) in [7, 11) is 0. The number of alkyl halides is 3. The van der Waals surface area contributed by atoms with Crippen molar-refractivity contribution >= 4 is 21.8 Å². The normalized spacial score (nSPS) is 13.2. The summed E-state index contributed by atoms with van der Waals surface area (Å²) in [5.41, 5.74) is 4.84. The lowest BCUT2D eigenvalue weighted by Crippen LogP contribution is -2.39. The molecule has 0 aliphatic carbocycles. The molecule has 18 heavy (non-hydrogen) atoms. The van der Waals surface area contributed by atoms with Crippen LogP contribution in [0.3, 0.4) is 0 Å². The quantitative estimate of drug-likeness (QED) is 0.507. The van der Waals surface area contributed by atoms with E-state index < -0.39 is 30.4 Å². The van der Waals surface area contributed by atoms with E-state index in [2.05, 4.69) is 15.9 Å². The Balaban J connectivity index is 2.79. The molecule has 0 amide bonds. The molecule has 0 bridgehead atoms. The fourth-order valence-electron chi connectivity index (χ4n) is 1.12. The van der Waals surface area contributed by atoms with Crippen molar-refractivity contribution < 1.29 is 22.3 Å². The summed E-state index contributed by atoms with van der Waals surface area (Å²) in [4.78, 5) is 0. The fourth-order valence-corrected chi connectivity index (χ4v) is 1.46. The summed E-state index contributed by atoms with van der Waals surface area (Å²) in [5.74, 6) is -4.45. The van der Waals surface area contributed by atoms with Crippen LogP contribution in [0.15, 0.2) is 22.7 Å². The van der Waals surface area contributed by atoms with Crippen LogP contribution in [0.4, 0.5) is 17.6 Å². The van der Waals surface area contributed by atoms with Crippen LogP contribution >= 0.6 is 15.9 Å². The maximum absolute atomic E-state index is 13.2. The standard InChI is InChI=1S/C10H9BrF4N2O/c11-5-1-2-7(12)8(3-5)18-4-6(9(16)17)10(13,14)15/h1-3,6H,4H2,(H3,16,17). The van der Waals surface area contributed by atoms with Crippen molar-refractivity contribution in [3.05, 3.63) is 28.5 Å². The van der Waals surface area contributed by atoms with Crippen molar-refractivity contribution in [2.24, 2.45) is 11.7 Å². The van der Waals surface area contributed by atoms with Gasteiger partial charge in [0.15, 0.2) is 11.6 Å². The van der Waals surface area contributed by atoms with E-state index in [0.29, 0.717) is 4.47 Å². The van der Waals surface area contributed by atoms with Crippen molar-refractivity contribution in [3.63, 3.8) is 0 Å². The van der Waals surface area contributed by atoms with Crippen LogP contribution in [-0.2, 0) is 0 Å². The van der Waals surface area contributed by atoms with E-state index in [-0.39, 0.29) is 5.75 Å². The van der Waals surface area contributed by atoms with Crippen LogP contribution in [-0.4, -0.2) is 18.6 Å². The molecule has 1 rings (SSSR count). The van der Waals surface area contributed by atoms with Gasteiger partial charge in [0.05, 0.1) is 0 Å². The first kappa shape index (κ1) is 14.7. The third-order valence-corrected chi connectivity index (χ3v) is 2.56. The predicted octanol–water partition coefficient (Wildman–Crippen LogP) is 3.08. The van der Waals surface area contributed by atoms with Crippen LogP contribution in [0.5, 0.6) is 5.75 Å². The minimum atomic E-state index is -4.70. The Morgan fingerprint density at radius 1 is 1.44 bits per heavy atom. The van der Waals surface area contributed by atoms with Crippen molar-refractivity contribution in [3.8, 4) is 5.75 Å². The third kappa shape index (κ3) is 3.86. The molecule has 0 aliphatic rings. The first-order valence-corrected chi connectivity index (χ1v) is 5.49. The van der Waals surface area contributed by atoms with Crippen molar-refractivity contribution in [2.75, 3.05) is 6.61 Å². The number of ether oxygens (including phenoxy) is 1. The number of rotatable bonds is 4. The molecule has 8 heteroatoms. The van der Waals surface area contributed by atoms with Gasteiger partial charge in [-0.2, -0.15) is 13.2 Å². The summed E-state index contributed by atoms with van der Waals surface area (Å²) in [6.07, 6.45) is -4.70. The van der Waals surface area contributed by atoms with E-state index in [1.54, 1.807) is 0 Å². The number of halogens is 5. The van der Waals surface area contributed by atoms with Gasteiger partial charge in [0, 0.05) is 4.47 Å². The number of amidine groups is 1.